The van der Waals surface area contributed by atoms with Crippen molar-refractivity contribution in [3.63, 3.8) is 0 Å². The highest BCUT2D eigenvalue weighted by molar-refractivity contribution is 6.04. The summed E-state index contributed by atoms with van der Waals surface area (Å²) < 4.78 is 27.4. The molecule has 7 nitrogen and oxygen atoms in total. The molecular formula is C24H25F2N3O4. The second-order valence-electron chi connectivity index (χ2n) is 7.97. The number of aliphatic hydroxyl groups excluding tert-OH is 1. The summed E-state index contributed by atoms with van der Waals surface area (Å²) in [4.78, 5) is 41.9. The first kappa shape index (κ1) is 24.2. The summed E-state index contributed by atoms with van der Waals surface area (Å²) in [5.41, 5.74) is 6.05. The Morgan fingerprint density at radius 3 is 2.30 bits per heavy atom. The van der Waals surface area contributed by atoms with Crippen molar-refractivity contribution in [2.75, 3.05) is 13.6 Å². The molecule has 0 aromatic heterocycles. The number of amides is 3. The van der Waals surface area contributed by atoms with Gasteiger partial charge in [-0.15, -0.1) is 0 Å². The third-order valence-electron chi connectivity index (χ3n) is 5.45. The van der Waals surface area contributed by atoms with E-state index in [1.807, 2.05) is 0 Å². The lowest BCUT2D eigenvalue weighted by Crippen LogP contribution is -2.58. The van der Waals surface area contributed by atoms with Gasteiger partial charge in [-0.3, -0.25) is 19.3 Å². The van der Waals surface area contributed by atoms with Crippen molar-refractivity contribution in [2.45, 2.75) is 31.0 Å². The number of imide groups is 1. The Labute approximate surface area is 190 Å². The van der Waals surface area contributed by atoms with Gasteiger partial charge in [0, 0.05) is 25.6 Å². The molecular weight excluding hydrogens is 432 g/mol. The van der Waals surface area contributed by atoms with Crippen LogP contribution in [0.25, 0.3) is 0 Å². The molecule has 3 rings (SSSR count). The molecule has 2 aromatic carbocycles. The van der Waals surface area contributed by atoms with Gasteiger partial charge in [-0.1, -0.05) is 42.5 Å². The molecule has 0 bridgehead atoms. The second kappa shape index (κ2) is 10.0. The molecule has 0 radical (unpaired) electrons. The summed E-state index contributed by atoms with van der Waals surface area (Å²) >= 11 is 0. The fraction of sp³-hybridized carbons (Fsp3) is 0.292. The van der Waals surface area contributed by atoms with Crippen LogP contribution in [0.1, 0.15) is 30.1 Å². The number of likely N-dealkylation sites (N-methyl/N-ethyl adjacent to an activating group) is 1. The summed E-state index contributed by atoms with van der Waals surface area (Å²) in [6, 6.07) is 8.40. The zero-order chi connectivity index (χ0) is 24.3. The van der Waals surface area contributed by atoms with Crippen LogP contribution in [0, 0.1) is 11.6 Å². The van der Waals surface area contributed by atoms with Crippen molar-refractivity contribution in [2.24, 2.45) is 5.73 Å². The fourth-order valence-corrected chi connectivity index (χ4v) is 3.79. The summed E-state index contributed by atoms with van der Waals surface area (Å²) in [7, 11) is 1.52. The third-order valence-corrected chi connectivity index (χ3v) is 5.45. The maximum absolute atomic E-state index is 13.7. The molecule has 0 unspecified atom stereocenters. The number of carbonyl (C=O) groups excluding carboxylic acids is 3. The highest BCUT2D eigenvalue weighted by Crippen LogP contribution is 2.31. The smallest absolute Gasteiger partial charge is 0.263 e. The molecule has 174 valence electrons. The predicted octanol–water partition coefficient (Wildman–Crippen LogP) is 1.88. The predicted molar refractivity (Wildman–Crippen MR) is 117 cm³/mol. The Morgan fingerprint density at radius 2 is 1.73 bits per heavy atom. The second-order valence-corrected chi connectivity index (χ2v) is 7.97. The third kappa shape index (κ3) is 5.15. The topological polar surface area (TPSA) is 104 Å². The number of hydrogen-bond acceptors (Lipinski definition) is 5. The molecule has 1 heterocycles. The molecule has 1 aliphatic heterocycles. The van der Waals surface area contributed by atoms with Crippen molar-refractivity contribution in [1.29, 1.82) is 0 Å². The number of nitrogens with two attached hydrogens (primary N) is 1. The summed E-state index contributed by atoms with van der Waals surface area (Å²) in [5.74, 6) is -5.39. The average Bonchev–Trinajstić information content (AvgIpc) is 2.92. The van der Waals surface area contributed by atoms with E-state index < -0.39 is 53.5 Å². The van der Waals surface area contributed by atoms with Crippen LogP contribution in [0.15, 0.2) is 60.7 Å². The van der Waals surface area contributed by atoms with E-state index in [0.29, 0.717) is 16.5 Å². The molecule has 0 spiro atoms. The van der Waals surface area contributed by atoms with Gasteiger partial charge in [0.05, 0.1) is 6.04 Å². The van der Waals surface area contributed by atoms with E-state index in [9.17, 15) is 28.3 Å². The molecule has 4 atom stereocenters. The maximum atomic E-state index is 13.7. The number of aliphatic hydroxyl groups is 1. The lowest BCUT2D eigenvalue weighted by Gasteiger charge is -2.36. The molecule has 3 N–H and O–H groups in total. The minimum Gasteiger partial charge on any atom is -0.378 e. The number of carbonyl (C=O) groups is 3. The SMILES string of the molecule is C[C@H](N)C(=O)N(C(=O)[C@@H](O)c1cc(F)cc(F)c1)[C@@H]1C(=O)N(C)CC=C[C@@H]1c1ccccc1. The number of halogens is 2. The quantitative estimate of drug-likeness (QED) is 0.668. The average molecular weight is 457 g/mol. The summed E-state index contributed by atoms with van der Waals surface area (Å²) in [6.45, 7) is 1.58. The molecule has 0 aliphatic carbocycles. The largest absolute Gasteiger partial charge is 0.378 e. The Morgan fingerprint density at radius 1 is 1.12 bits per heavy atom. The highest BCUT2D eigenvalue weighted by Gasteiger charge is 2.44. The van der Waals surface area contributed by atoms with Crippen molar-refractivity contribution in [3.8, 4) is 0 Å². The minimum atomic E-state index is -2.10. The molecule has 2 aromatic rings. The standard InChI is InChI=1S/C24H25F2N3O4/c1-14(27)22(31)29(24(33)21(30)16-11-17(25)13-18(26)12-16)20-19(15-7-4-3-5-8-15)9-6-10-28(2)23(20)32/h3-9,11-14,19-21,30H,10,27H2,1-2H3/t14-,19+,20-,21-/m0/s1. The van der Waals surface area contributed by atoms with Crippen LogP contribution in [0.5, 0.6) is 0 Å². The van der Waals surface area contributed by atoms with Crippen LogP contribution in [0.2, 0.25) is 0 Å². The van der Waals surface area contributed by atoms with Gasteiger partial charge in [0.15, 0.2) is 6.10 Å². The van der Waals surface area contributed by atoms with E-state index in [2.05, 4.69) is 0 Å². The summed E-state index contributed by atoms with van der Waals surface area (Å²) in [6.07, 6.45) is 1.36. The van der Waals surface area contributed by atoms with Crippen molar-refractivity contribution >= 4 is 17.7 Å². The Bertz CT molecular complexity index is 1050. The fourth-order valence-electron chi connectivity index (χ4n) is 3.79. The maximum Gasteiger partial charge on any atom is 0.263 e. The van der Waals surface area contributed by atoms with E-state index in [1.54, 1.807) is 42.5 Å². The monoisotopic (exact) mass is 457 g/mol. The van der Waals surface area contributed by atoms with Crippen LogP contribution >= 0.6 is 0 Å². The van der Waals surface area contributed by atoms with Gasteiger partial charge in [0.1, 0.15) is 17.7 Å². The van der Waals surface area contributed by atoms with Gasteiger partial charge in [-0.25, -0.2) is 8.78 Å². The van der Waals surface area contributed by atoms with Crippen LogP contribution in [0.4, 0.5) is 8.78 Å². The van der Waals surface area contributed by atoms with Crippen molar-refractivity contribution < 1.29 is 28.3 Å². The van der Waals surface area contributed by atoms with E-state index >= 15 is 0 Å². The zero-order valence-corrected chi connectivity index (χ0v) is 18.2. The van der Waals surface area contributed by atoms with Crippen LogP contribution in [-0.2, 0) is 14.4 Å². The molecule has 0 saturated carbocycles. The first-order chi connectivity index (χ1) is 15.6. The lowest BCUT2D eigenvalue weighted by molar-refractivity contribution is -0.160. The van der Waals surface area contributed by atoms with Crippen molar-refractivity contribution in [1.82, 2.24) is 9.80 Å². The van der Waals surface area contributed by atoms with Crippen molar-refractivity contribution in [3.05, 3.63) is 83.4 Å². The van der Waals surface area contributed by atoms with Crippen LogP contribution in [0.3, 0.4) is 0 Å². The molecule has 3 amide bonds. The molecule has 1 aliphatic rings. The Kier molecular flexibility index (Phi) is 7.35. The lowest BCUT2D eigenvalue weighted by atomic mass is 9.88. The van der Waals surface area contributed by atoms with Crippen LogP contribution < -0.4 is 5.73 Å². The first-order valence-corrected chi connectivity index (χ1v) is 10.3. The van der Waals surface area contributed by atoms with Crippen LogP contribution in [-0.4, -0.2) is 58.3 Å². The number of rotatable bonds is 5. The van der Waals surface area contributed by atoms with Gasteiger partial charge < -0.3 is 15.7 Å². The number of benzene rings is 2. The summed E-state index contributed by atoms with van der Waals surface area (Å²) in [5, 5.41) is 10.7. The Balaban J connectivity index is 2.13. The van der Waals surface area contributed by atoms with Gasteiger partial charge in [0.25, 0.3) is 5.91 Å². The molecule has 0 saturated heterocycles. The number of nitrogens with zero attached hydrogens (tertiary/aromatic N) is 2. The van der Waals surface area contributed by atoms with E-state index in [4.69, 9.17) is 5.73 Å². The van der Waals surface area contributed by atoms with Gasteiger partial charge in [-0.2, -0.15) is 0 Å². The molecule has 0 fully saturated rings. The van der Waals surface area contributed by atoms with E-state index in [1.165, 1.54) is 18.9 Å². The highest BCUT2D eigenvalue weighted by atomic mass is 19.1. The molecule has 33 heavy (non-hydrogen) atoms. The van der Waals surface area contributed by atoms with E-state index in [-0.39, 0.29) is 12.1 Å². The number of hydrogen-bond donors (Lipinski definition) is 2. The Hall–Kier alpha value is -3.43. The van der Waals surface area contributed by atoms with Gasteiger partial charge in [0.2, 0.25) is 11.8 Å². The van der Waals surface area contributed by atoms with Gasteiger partial charge in [-0.05, 0) is 30.2 Å². The van der Waals surface area contributed by atoms with Gasteiger partial charge >= 0.3 is 0 Å². The molecule has 9 heteroatoms. The first-order valence-electron chi connectivity index (χ1n) is 10.3. The normalized spacial score (nSPS) is 20.2. The zero-order valence-electron chi connectivity index (χ0n) is 18.2. The minimum absolute atomic E-state index is 0.241. The van der Waals surface area contributed by atoms with E-state index in [0.717, 1.165) is 12.1 Å².